The lowest BCUT2D eigenvalue weighted by molar-refractivity contribution is 0.0802. The molecule has 148 valence electrons. The highest BCUT2D eigenvalue weighted by Crippen LogP contribution is 2.31. The van der Waals surface area contributed by atoms with E-state index in [0.717, 1.165) is 0 Å². The van der Waals surface area contributed by atoms with Gasteiger partial charge in [-0.25, -0.2) is 13.8 Å². The number of benzene rings is 2. The standard InChI is InChI=1S/C18H17F2IN4O3/c1-25-8-23-17-14(25)5-11(18(28)22-6-10(27)7-26)16(15(17)20)24-13-3-2-9(21)4-12(13)19/h2-5,8,10,24,26-27H,6-7H2,1H3,(H,22,28). The van der Waals surface area contributed by atoms with E-state index in [4.69, 9.17) is 5.11 Å². The van der Waals surface area contributed by atoms with Gasteiger partial charge in [-0.2, -0.15) is 0 Å². The zero-order valence-electron chi connectivity index (χ0n) is 14.7. The first-order chi connectivity index (χ1) is 13.3. The molecule has 0 aliphatic carbocycles. The second kappa shape index (κ2) is 8.37. The quantitative estimate of drug-likeness (QED) is 0.388. The molecule has 7 nitrogen and oxygen atoms in total. The summed E-state index contributed by atoms with van der Waals surface area (Å²) in [6.45, 7) is -0.758. The van der Waals surface area contributed by atoms with Crippen molar-refractivity contribution >= 4 is 50.9 Å². The lowest BCUT2D eigenvalue weighted by Gasteiger charge is -2.16. The normalized spacial score (nSPS) is 12.2. The van der Waals surface area contributed by atoms with Crippen molar-refractivity contribution in [1.29, 1.82) is 0 Å². The van der Waals surface area contributed by atoms with Crippen LogP contribution in [0.5, 0.6) is 0 Å². The Morgan fingerprint density at radius 3 is 2.79 bits per heavy atom. The molecule has 1 heterocycles. The highest BCUT2D eigenvalue weighted by molar-refractivity contribution is 14.1. The molecule has 10 heteroatoms. The van der Waals surface area contributed by atoms with Gasteiger partial charge in [-0.15, -0.1) is 0 Å². The molecule has 0 radical (unpaired) electrons. The number of amides is 1. The zero-order valence-corrected chi connectivity index (χ0v) is 16.9. The lowest BCUT2D eigenvalue weighted by Crippen LogP contribution is -2.34. The lowest BCUT2D eigenvalue weighted by atomic mass is 10.1. The number of carbonyl (C=O) groups is 1. The number of anilines is 2. The second-order valence-corrected chi connectivity index (χ2v) is 7.38. The number of imidazole rings is 1. The van der Waals surface area contributed by atoms with Crippen molar-refractivity contribution in [3.8, 4) is 0 Å². The molecular weight excluding hydrogens is 485 g/mol. The average molecular weight is 502 g/mol. The van der Waals surface area contributed by atoms with E-state index in [-0.39, 0.29) is 29.0 Å². The van der Waals surface area contributed by atoms with Crippen LogP contribution in [0.15, 0.2) is 30.6 Å². The number of fused-ring (bicyclic) bond motifs is 1. The van der Waals surface area contributed by atoms with E-state index < -0.39 is 30.3 Å². The highest BCUT2D eigenvalue weighted by atomic mass is 127. The predicted octanol–water partition coefficient (Wildman–Crippen LogP) is 2.28. The summed E-state index contributed by atoms with van der Waals surface area (Å²) in [5, 5.41) is 23.4. The number of hydrogen-bond acceptors (Lipinski definition) is 5. The maximum Gasteiger partial charge on any atom is 0.253 e. The fourth-order valence-corrected chi connectivity index (χ4v) is 3.07. The number of halogens is 3. The summed E-state index contributed by atoms with van der Waals surface area (Å²) >= 11 is 1.95. The van der Waals surface area contributed by atoms with E-state index in [1.165, 1.54) is 24.5 Å². The molecule has 0 spiro atoms. The number of carbonyl (C=O) groups excluding carboxylic acids is 1. The average Bonchev–Trinajstić information content (AvgIpc) is 3.04. The molecule has 28 heavy (non-hydrogen) atoms. The third-order valence-electron chi connectivity index (χ3n) is 4.10. The fraction of sp³-hybridized carbons (Fsp3) is 0.222. The van der Waals surface area contributed by atoms with Gasteiger partial charge in [0.15, 0.2) is 5.82 Å². The van der Waals surface area contributed by atoms with Gasteiger partial charge in [0.2, 0.25) is 0 Å². The van der Waals surface area contributed by atoms with Crippen molar-refractivity contribution in [3.63, 3.8) is 0 Å². The van der Waals surface area contributed by atoms with Crippen LogP contribution in [0.3, 0.4) is 0 Å². The zero-order chi connectivity index (χ0) is 20.4. The van der Waals surface area contributed by atoms with Gasteiger partial charge in [-0.1, -0.05) is 0 Å². The van der Waals surface area contributed by atoms with Gasteiger partial charge in [-0.3, -0.25) is 4.79 Å². The summed E-state index contributed by atoms with van der Waals surface area (Å²) in [6.07, 6.45) is 0.250. The number of hydrogen-bond donors (Lipinski definition) is 4. The van der Waals surface area contributed by atoms with Crippen LogP contribution in [0, 0.1) is 15.2 Å². The highest BCUT2D eigenvalue weighted by Gasteiger charge is 2.22. The third kappa shape index (κ3) is 4.08. The Labute approximate surface area is 172 Å². The Morgan fingerprint density at radius 2 is 2.11 bits per heavy atom. The number of aliphatic hydroxyl groups is 2. The Kier molecular flexibility index (Phi) is 6.10. The van der Waals surface area contributed by atoms with Crippen molar-refractivity contribution in [2.45, 2.75) is 6.10 Å². The largest absolute Gasteiger partial charge is 0.394 e. The first-order valence-electron chi connectivity index (χ1n) is 8.24. The summed E-state index contributed by atoms with van der Waals surface area (Å²) in [6, 6.07) is 5.79. The Hall–Kier alpha value is -2.31. The van der Waals surface area contributed by atoms with Gasteiger partial charge in [-0.05, 0) is 46.9 Å². The van der Waals surface area contributed by atoms with Crippen LogP contribution in [-0.4, -0.2) is 44.9 Å². The van der Waals surface area contributed by atoms with Gasteiger partial charge >= 0.3 is 0 Å². The Morgan fingerprint density at radius 1 is 1.36 bits per heavy atom. The van der Waals surface area contributed by atoms with Crippen LogP contribution in [0.25, 0.3) is 11.0 Å². The van der Waals surface area contributed by atoms with Crippen LogP contribution in [0.2, 0.25) is 0 Å². The first kappa shape index (κ1) is 20.4. The molecule has 1 atom stereocenters. The van der Waals surface area contributed by atoms with Gasteiger partial charge < -0.3 is 25.4 Å². The summed E-state index contributed by atoms with van der Waals surface area (Å²) in [5.74, 6) is -2.10. The summed E-state index contributed by atoms with van der Waals surface area (Å²) < 4.78 is 31.6. The fourth-order valence-electron chi connectivity index (χ4n) is 2.62. The van der Waals surface area contributed by atoms with Crippen LogP contribution >= 0.6 is 22.6 Å². The van der Waals surface area contributed by atoms with Crippen molar-refractivity contribution in [2.75, 3.05) is 18.5 Å². The minimum atomic E-state index is -1.15. The smallest absolute Gasteiger partial charge is 0.253 e. The molecule has 1 aromatic heterocycles. The van der Waals surface area contributed by atoms with E-state index in [2.05, 4.69) is 15.6 Å². The van der Waals surface area contributed by atoms with Crippen LogP contribution in [0.1, 0.15) is 10.4 Å². The molecule has 4 N–H and O–H groups in total. The van der Waals surface area contributed by atoms with Crippen molar-refractivity contribution in [1.82, 2.24) is 14.9 Å². The number of rotatable bonds is 6. The van der Waals surface area contributed by atoms with Crippen LogP contribution in [-0.2, 0) is 7.05 Å². The summed E-state index contributed by atoms with van der Waals surface area (Å²) in [5.41, 5.74) is 0.0832. The van der Waals surface area contributed by atoms with E-state index in [9.17, 15) is 14.3 Å². The summed E-state index contributed by atoms with van der Waals surface area (Å²) in [4.78, 5) is 16.6. The molecule has 2 aromatic carbocycles. The SMILES string of the molecule is Cn1cnc2c(F)c(Nc3ccc(I)cc3F)c(C(=O)NCC(O)CO)cc21. The van der Waals surface area contributed by atoms with Crippen molar-refractivity contribution in [3.05, 3.63) is 51.4 Å². The number of aryl methyl sites for hydroxylation is 1. The number of nitrogens with one attached hydrogen (secondary N) is 2. The van der Waals surface area contributed by atoms with Crippen molar-refractivity contribution < 1.29 is 23.8 Å². The topological polar surface area (TPSA) is 99.4 Å². The molecule has 0 bridgehead atoms. The molecule has 0 aliphatic rings. The number of aliphatic hydroxyl groups excluding tert-OH is 2. The van der Waals surface area contributed by atoms with Gasteiger partial charge in [0.05, 0.1) is 41.5 Å². The molecule has 0 saturated carbocycles. The second-order valence-electron chi connectivity index (χ2n) is 6.13. The molecular formula is C18H17F2IN4O3. The minimum absolute atomic E-state index is 0.000889. The predicted molar refractivity (Wildman–Crippen MR) is 108 cm³/mol. The Bertz CT molecular complexity index is 1040. The van der Waals surface area contributed by atoms with Crippen LogP contribution in [0.4, 0.5) is 20.2 Å². The molecule has 3 aromatic rings. The molecule has 0 fully saturated rings. The van der Waals surface area contributed by atoms with E-state index in [1.54, 1.807) is 17.7 Å². The maximum absolute atomic E-state index is 15.1. The minimum Gasteiger partial charge on any atom is -0.394 e. The first-order valence-corrected chi connectivity index (χ1v) is 9.32. The van der Waals surface area contributed by atoms with E-state index in [0.29, 0.717) is 9.09 Å². The maximum atomic E-state index is 15.1. The monoisotopic (exact) mass is 502 g/mol. The summed E-state index contributed by atoms with van der Waals surface area (Å²) in [7, 11) is 1.65. The number of aromatic nitrogens is 2. The van der Waals surface area contributed by atoms with E-state index >= 15 is 4.39 Å². The molecule has 3 rings (SSSR count). The van der Waals surface area contributed by atoms with Gasteiger partial charge in [0.1, 0.15) is 11.3 Å². The van der Waals surface area contributed by atoms with Crippen molar-refractivity contribution in [2.24, 2.45) is 7.05 Å². The Balaban J connectivity index is 2.07. The van der Waals surface area contributed by atoms with E-state index in [1.807, 2.05) is 22.6 Å². The number of nitrogens with zero attached hydrogens (tertiary/aromatic N) is 2. The molecule has 0 saturated heterocycles. The molecule has 1 unspecified atom stereocenters. The molecule has 1 amide bonds. The van der Waals surface area contributed by atoms with Gasteiger partial charge in [0.25, 0.3) is 5.91 Å². The van der Waals surface area contributed by atoms with Crippen LogP contribution < -0.4 is 10.6 Å². The van der Waals surface area contributed by atoms with Gasteiger partial charge in [0, 0.05) is 17.2 Å². The molecule has 0 aliphatic heterocycles. The third-order valence-corrected chi connectivity index (χ3v) is 4.78.